The standard InChI is InChI=1S/C15H26N4O/c1-11(2)6-13-8-14(18-17-13)10-19-5-4-12(9-19)7-15(20)16-3/h8,11-12H,4-7,9-10H2,1-3H3,(H,16,20)(H,17,18). The summed E-state index contributed by atoms with van der Waals surface area (Å²) in [6.45, 7) is 7.40. The molecule has 1 fully saturated rings. The molecular formula is C15H26N4O. The molecule has 5 nitrogen and oxygen atoms in total. The largest absolute Gasteiger partial charge is 0.359 e. The van der Waals surface area contributed by atoms with E-state index in [1.807, 2.05) is 0 Å². The summed E-state index contributed by atoms with van der Waals surface area (Å²) in [5, 5.41) is 10.2. The maximum Gasteiger partial charge on any atom is 0.220 e. The fourth-order valence-electron chi connectivity index (χ4n) is 2.84. The van der Waals surface area contributed by atoms with Gasteiger partial charge in [-0.3, -0.25) is 14.8 Å². The lowest BCUT2D eigenvalue weighted by molar-refractivity contribution is -0.121. The van der Waals surface area contributed by atoms with Gasteiger partial charge in [0, 0.05) is 32.3 Å². The highest BCUT2D eigenvalue weighted by atomic mass is 16.1. The summed E-state index contributed by atoms with van der Waals surface area (Å²) in [5.41, 5.74) is 2.33. The third kappa shape index (κ3) is 4.34. The third-order valence-electron chi connectivity index (χ3n) is 3.82. The lowest BCUT2D eigenvalue weighted by Gasteiger charge is -2.14. The maximum atomic E-state index is 11.4. The summed E-state index contributed by atoms with van der Waals surface area (Å²) in [6.07, 6.45) is 2.78. The molecular weight excluding hydrogens is 252 g/mol. The van der Waals surface area contributed by atoms with Crippen LogP contribution in [0.25, 0.3) is 0 Å². The Labute approximate surface area is 121 Å². The molecule has 2 heterocycles. The van der Waals surface area contributed by atoms with Gasteiger partial charge < -0.3 is 5.32 Å². The van der Waals surface area contributed by atoms with Crippen LogP contribution in [0.15, 0.2) is 6.07 Å². The van der Waals surface area contributed by atoms with E-state index in [9.17, 15) is 4.79 Å². The molecule has 1 amide bonds. The number of nitrogens with one attached hydrogen (secondary N) is 2. The number of aromatic nitrogens is 2. The minimum Gasteiger partial charge on any atom is -0.359 e. The molecule has 0 aromatic carbocycles. The highest BCUT2D eigenvalue weighted by Gasteiger charge is 2.24. The lowest BCUT2D eigenvalue weighted by atomic mass is 10.0. The van der Waals surface area contributed by atoms with Gasteiger partial charge in [0.2, 0.25) is 5.91 Å². The SMILES string of the molecule is CNC(=O)CC1CCN(Cc2cc(CC(C)C)n[nH]2)C1. The van der Waals surface area contributed by atoms with Gasteiger partial charge in [-0.05, 0) is 37.3 Å². The Kier molecular flexibility index (Phi) is 5.17. The van der Waals surface area contributed by atoms with Crippen LogP contribution >= 0.6 is 0 Å². The highest BCUT2D eigenvalue weighted by molar-refractivity contribution is 5.75. The number of aromatic amines is 1. The molecule has 0 aliphatic carbocycles. The fourth-order valence-corrected chi connectivity index (χ4v) is 2.84. The second-order valence-electron chi connectivity index (χ2n) is 6.25. The topological polar surface area (TPSA) is 61.0 Å². The molecule has 1 atom stereocenters. The van der Waals surface area contributed by atoms with Crippen molar-refractivity contribution in [2.24, 2.45) is 11.8 Å². The summed E-state index contributed by atoms with van der Waals surface area (Å²) in [6, 6.07) is 2.17. The van der Waals surface area contributed by atoms with Crippen molar-refractivity contribution in [1.29, 1.82) is 0 Å². The molecule has 2 N–H and O–H groups in total. The first-order chi connectivity index (χ1) is 9.56. The molecule has 1 unspecified atom stereocenters. The van der Waals surface area contributed by atoms with Crippen LogP contribution in [0, 0.1) is 11.8 Å². The number of nitrogens with zero attached hydrogens (tertiary/aromatic N) is 2. The van der Waals surface area contributed by atoms with Crippen molar-refractivity contribution in [3.8, 4) is 0 Å². The first kappa shape index (κ1) is 15.0. The molecule has 0 spiro atoms. The number of hydrogen-bond acceptors (Lipinski definition) is 3. The van der Waals surface area contributed by atoms with Gasteiger partial charge in [0.25, 0.3) is 0 Å². The van der Waals surface area contributed by atoms with E-state index in [0.717, 1.165) is 38.2 Å². The van der Waals surface area contributed by atoms with Gasteiger partial charge in [0.05, 0.1) is 5.69 Å². The number of carbonyl (C=O) groups excluding carboxylic acids is 1. The van der Waals surface area contributed by atoms with Crippen LogP contribution in [0.5, 0.6) is 0 Å². The first-order valence-electron chi connectivity index (χ1n) is 7.53. The molecule has 1 saturated heterocycles. The van der Waals surface area contributed by atoms with Gasteiger partial charge in [-0.2, -0.15) is 5.10 Å². The average molecular weight is 278 g/mol. The van der Waals surface area contributed by atoms with Crippen molar-refractivity contribution in [3.05, 3.63) is 17.5 Å². The van der Waals surface area contributed by atoms with Crippen molar-refractivity contribution in [2.75, 3.05) is 20.1 Å². The zero-order valence-electron chi connectivity index (χ0n) is 12.8. The third-order valence-corrected chi connectivity index (χ3v) is 3.82. The van der Waals surface area contributed by atoms with Crippen LogP contribution in [0.4, 0.5) is 0 Å². The molecule has 20 heavy (non-hydrogen) atoms. The quantitative estimate of drug-likeness (QED) is 0.830. The van der Waals surface area contributed by atoms with Gasteiger partial charge in [-0.25, -0.2) is 0 Å². The molecule has 5 heteroatoms. The Morgan fingerprint density at radius 1 is 1.60 bits per heavy atom. The van der Waals surface area contributed by atoms with Gasteiger partial charge in [-0.15, -0.1) is 0 Å². The molecule has 1 aromatic rings. The van der Waals surface area contributed by atoms with E-state index in [0.29, 0.717) is 18.3 Å². The molecule has 1 aliphatic rings. The Morgan fingerprint density at radius 3 is 3.10 bits per heavy atom. The summed E-state index contributed by atoms with van der Waals surface area (Å²) < 4.78 is 0. The minimum atomic E-state index is 0.151. The Bertz CT molecular complexity index is 441. The molecule has 0 bridgehead atoms. The molecule has 1 aromatic heterocycles. The highest BCUT2D eigenvalue weighted by Crippen LogP contribution is 2.21. The van der Waals surface area contributed by atoms with Crippen LogP contribution in [-0.2, 0) is 17.8 Å². The number of amides is 1. The number of rotatable bonds is 6. The van der Waals surface area contributed by atoms with Gasteiger partial charge in [-0.1, -0.05) is 13.8 Å². The smallest absolute Gasteiger partial charge is 0.220 e. The predicted molar refractivity (Wildman–Crippen MR) is 79.2 cm³/mol. The first-order valence-corrected chi connectivity index (χ1v) is 7.53. The molecule has 0 saturated carbocycles. The Hall–Kier alpha value is -1.36. The second-order valence-corrected chi connectivity index (χ2v) is 6.25. The molecule has 112 valence electrons. The normalized spacial score (nSPS) is 19.7. The fraction of sp³-hybridized carbons (Fsp3) is 0.733. The molecule has 2 rings (SSSR count). The summed E-state index contributed by atoms with van der Waals surface area (Å²) in [4.78, 5) is 13.8. The number of likely N-dealkylation sites (tertiary alicyclic amines) is 1. The van der Waals surface area contributed by atoms with E-state index in [4.69, 9.17) is 0 Å². The van der Waals surface area contributed by atoms with Crippen LogP contribution in [0.1, 0.15) is 38.1 Å². The summed E-state index contributed by atoms with van der Waals surface area (Å²) in [7, 11) is 1.70. The van der Waals surface area contributed by atoms with Crippen LogP contribution in [-0.4, -0.2) is 41.1 Å². The monoisotopic (exact) mass is 278 g/mol. The van der Waals surface area contributed by atoms with Crippen LogP contribution in [0.2, 0.25) is 0 Å². The van der Waals surface area contributed by atoms with Crippen molar-refractivity contribution < 1.29 is 4.79 Å². The van der Waals surface area contributed by atoms with E-state index in [1.165, 1.54) is 5.69 Å². The van der Waals surface area contributed by atoms with E-state index < -0.39 is 0 Å². The lowest BCUT2D eigenvalue weighted by Crippen LogP contribution is -2.24. The van der Waals surface area contributed by atoms with Crippen molar-refractivity contribution in [3.63, 3.8) is 0 Å². The van der Waals surface area contributed by atoms with E-state index >= 15 is 0 Å². The second kappa shape index (κ2) is 6.88. The summed E-state index contributed by atoms with van der Waals surface area (Å²) in [5.74, 6) is 1.28. The van der Waals surface area contributed by atoms with Crippen molar-refractivity contribution in [2.45, 2.75) is 39.7 Å². The molecule has 0 radical (unpaired) electrons. The van der Waals surface area contributed by atoms with Gasteiger partial charge in [0.15, 0.2) is 0 Å². The molecule has 1 aliphatic heterocycles. The maximum absolute atomic E-state index is 11.4. The van der Waals surface area contributed by atoms with E-state index in [-0.39, 0.29) is 5.91 Å². The van der Waals surface area contributed by atoms with Crippen LogP contribution < -0.4 is 5.32 Å². The van der Waals surface area contributed by atoms with E-state index in [1.54, 1.807) is 7.05 Å². The summed E-state index contributed by atoms with van der Waals surface area (Å²) >= 11 is 0. The van der Waals surface area contributed by atoms with E-state index in [2.05, 4.69) is 40.3 Å². The number of H-pyrrole nitrogens is 1. The number of carbonyl (C=O) groups is 1. The van der Waals surface area contributed by atoms with Crippen molar-refractivity contribution >= 4 is 5.91 Å². The Balaban J connectivity index is 1.80. The Morgan fingerprint density at radius 2 is 2.40 bits per heavy atom. The van der Waals surface area contributed by atoms with Crippen molar-refractivity contribution in [1.82, 2.24) is 20.4 Å². The zero-order valence-corrected chi connectivity index (χ0v) is 12.8. The average Bonchev–Trinajstić information content (AvgIpc) is 2.99. The van der Waals surface area contributed by atoms with Crippen LogP contribution in [0.3, 0.4) is 0 Å². The number of hydrogen-bond donors (Lipinski definition) is 2. The predicted octanol–water partition coefficient (Wildman–Crippen LogP) is 1.57. The zero-order chi connectivity index (χ0) is 14.5. The minimum absolute atomic E-state index is 0.151. The van der Waals surface area contributed by atoms with Gasteiger partial charge >= 0.3 is 0 Å². The van der Waals surface area contributed by atoms with Gasteiger partial charge in [0.1, 0.15) is 0 Å².